The first kappa shape index (κ1) is 8.58. The third-order valence-corrected chi connectivity index (χ3v) is 1.87. The van der Waals surface area contributed by atoms with Crippen molar-refractivity contribution in [2.45, 2.75) is 0 Å². The summed E-state index contributed by atoms with van der Waals surface area (Å²) in [6, 6.07) is 1.93. The molecule has 60 valence electrons. The van der Waals surface area contributed by atoms with Crippen molar-refractivity contribution in [2.24, 2.45) is 0 Å². The molecular weight excluding hydrogens is 255 g/mol. The van der Waals surface area contributed by atoms with Gasteiger partial charge in [-0.05, 0) is 28.7 Å². The molecule has 0 atom stereocenters. The van der Waals surface area contributed by atoms with E-state index in [1.54, 1.807) is 13.3 Å². The monoisotopic (exact) mass is 264 g/mol. The molecular formula is C7H9IN2O. The highest BCUT2D eigenvalue weighted by molar-refractivity contribution is 14.1. The largest absolute Gasteiger partial charge is 0.493 e. The molecule has 0 aromatic carbocycles. The Morgan fingerprint density at radius 1 is 1.64 bits per heavy atom. The van der Waals surface area contributed by atoms with Crippen LogP contribution in [-0.2, 0) is 0 Å². The van der Waals surface area contributed by atoms with Gasteiger partial charge in [-0.15, -0.1) is 0 Å². The van der Waals surface area contributed by atoms with Gasteiger partial charge in [0.2, 0.25) is 0 Å². The summed E-state index contributed by atoms with van der Waals surface area (Å²) in [4.78, 5) is 4.12. The molecule has 1 rings (SSSR count). The topological polar surface area (TPSA) is 34.2 Å². The van der Waals surface area contributed by atoms with Crippen LogP contribution in [0.4, 0.5) is 5.82 Å². The van der Waals surface area contributed by atoms with Crippen molar-refractivity contribution in [1.82, 2.24) is 4.98 Å². The number of hydrogen-bond donors (Lipinski definition) is 1. The Bertz CT molecular complexity index is 252. The molecule has 0 aliphatic rings. The van der Waals surface area contributed by atoms with Crippen LogP contribution in [0.1, 0.15) is 0 Å². The Morgan fingerprint density at radius 3 is 2.91 bits per heavy atom. The predicted octanol–water partition coefficient (Wildman–Crippen LogP) is 1.74. The number of anilines is 1. The lowest BCUT2D eigenvalue weighted by molar-refractivity contribution is 0.414. The molecule has 0 bridgehead atoms. The summed E-state index contributed by atoms with van der Waals surface area (Å²) in [6.07, 6.45) is 1.79. The number of rotatable bonds is 2. The molecule has 1 aromatic heterocycles. The van der Waals surface area contributed by atoms with Crippen LogP contribution in [0.25, 0.3) is 0 Å². The molecule has 0 fully saturated rings. The molecule has 0 amide bonds. The third-order valence-electron chi connectivity index (χ3n) is 1.28. The molecule has 1 N–H and O–H groups in total. The zero-order valence-electron chi connectivity index (χ0n) is 6.39. The zero-order valence-corrected chi connectivity index (χ0v) is 8.55. The summed E-state index contributed by atoms with van der Waals surface area (Å²) < 4.78 is 6.16. The van der Waals surface area contributed by atoms with Crippen LogP contribution in [-0.4, -0.2) is 19.1 Å². The van der Waals surface area contributed by atoms with Gasteiger partial charge in [0, 0.05) is 16.8 Å². The van der Waals surface area contributed by atoms with Crippen molar-refractivity contribution >= 4 is 28.4 Å². The summed E-state index contributed by atoms with van der Waals surface area (Å²) in [5, 5.41) is 2.93. The van der Waals surface area contributed by atoms with E-state index in [1.165, 1.54) is 0 Å². The van der Waals surface area contributed by atoms with Gasteiger partial charge >= 0.3 is 0 Å². The molecule has 4 heteroatoms. The minimum Gasteiger partial charge on any atom is -0.493 e. The number of methoxy groups -OCH3 is 1. The van der Waals surface area contributed by atoms with E-state index in [-0.39, 0.29) is 0 Å². The number of nitrogens with one attached hydrogen (secondary N) is 1. The van der Waals surface area contributed by atoms with Crippen LogP contribution < -0.4 is 10.1 Å². The Labute approximate surface area is 79.3 Å². The minimum atomic E-state index is 0.771. The summed E-state index contributed by atoms with van der Waals surface area (Å²) in [5.41, 5.74) is 0. The second-order valence-electron chi connectivity index (χ2n) is 1.95. The van der Waals surface area contributed by atoms with E-state index in [1.807, 2.05) is 13.1 Å². The number of ether oxygens (including phenoxy) is 1. The van der Waals surface area contributed by atoms with Gasteiger partial charge < -0.3 is 10.1 Å². The molecule has 0 aliphatic carbocycles. The summed E-state index contributed by atoms with van der Waals surface area (Å²) in [5.74, 6) is 1.55. The number of nitrogens with zero attached hydrogens (tertiary/aromatic N) is 1. The van der Waals surface area contributed by atoms with Crippen molar-refractivity contribution in [3.05, 3.63) is 15.8 Å². The Morgan fingerprint density at radius 2 is 2.36 bits per heavy atom. The lowest BCUT2D eigenvalue weighted by Crippen LogP contribution is -1.96. The fourth-order valence-corrected chi connectivity index (χ4v) is 1.19. The molecule has 0 aliphatic heterocycles. The molecule has 0 spiro atoms. The fourth-order valence-electron chi connectivity index (χ4n) is 0.764. The van der Waals surface area contributed by atoms with E-state index < -0.39 is 0 Å². The predicted molar refractivity (Wildman–Crippen MR) is 53.1 cm³/mol. The zero-order chi connectivity index (χ0) is 8.27. The lowest BCUT2D eigenvalue weighted by Gasteiger charge is -2.05. The van der Waals surface area contributed by atoms with Crippen molar-refractivity contribution < 1.29 is 4.74 Å². The fraction of sp³-hybridized carbons (Fsp3) is 0.286. The Hall–Kier alpha value is -0.520. The van der Waals surface area contributed by atoms with Gasteiger partial charge in [0.1, 0.15) is 0 Å². The van der Waals surface area contributed by atoms with Crippen molar-refractivity contribution in [3.8, 4) is 5.75 Å². The molecule has 1 aromatic rings. The van der Waals surface area contributed by atoms with Gasteiger partial charge in [0.15, 0.2) is 11.6 Å². The Balaban J connectivity index is 3.06. The normalized spacial score (nSPS) is 9.36. The number of halogens is 1. The maximum absolute atomic E-state index is 5.09. The average Bonchev–Trinajstić information content (AvgIpc) is 2.04. The van der Waals surface area contributed by atoms with Crippen LogP contribution in [0.3, 0.4) is 0 Å². The second-order valence-corrected chi connectivity index (χ2v) is 3.20. The van der Waals surface area contributed by atoms with E-state index in [4.69, 9.17) is 4.74 Å². The van der Waals surface area contributed by atoms with Gasteiger partial charge in [0.05, 0.1) is 7.11 Å². The maximum atomic E-state index is 5.09. The SMILES string of the molecule is CNc1ncc(I)cc1OC. The molecule has 0 unspecified atom stereocenters. The van der Waals surface area contributed by atoms with E-state index in [0.717, 1.165) is 15.1 Å². The number of aromatic nitrogens is 1. The number of pyridine rings is 1. The van der Waals surface area contributed by atoms with Crippen molar-refractivity contribution in [1.29, 1.82) is 0 Å². The van der Waals surface area contributed by atoms with Gasteiger partial charge in [-0.2, -0.15) is 0 Å². The van der Waals surface area contributed by atoms with Crippen LogP contribution in [0.15, 0.2) is 12.3 Å². The summed E-state index contributed by atoms with van der Waals surface area (Å²) in [6.45, 7) is 0. The van der Waals surface area contributed by atoms with Gasteiger partial charge in [-0.3, -0.25) is 0 Å². The van der Waals surface area contributed by atoms with Gasteiger partial charge in [-0.25, -0.2) is 4.98 Å². The highest BCUT2D eigenvalue weighted by Gasteiger charge is 2.01. The van der Waals surface area contributed by atoms with Crippen molar-refractivity contribution in [2.75, 3.05) is 19.5 Å². The average molecular weight is 264 g/mol. The molecule has 3 nitrogen and oxygen atoms in total. The van der Waals surface area contributed by atoms with Crippen molar-refractivity contribution in [3.63, 3.8) is 0 Å². The highest BCUT2D eigenvalue weighted by atomic mass is 127. The molecule has 0 saturated carbocycles. The highest BCUT2D eigenvalue weighted by Crippen LogP contribution is 2.22. The standard InChI is InChI=1S/C7H9IN2O/c1-9-7-6(11-2)3-5(8)4-10-7/h3-4H,1-2H3,(H,9,10). The van der Waals surface area contributed by atoms with E-state index in [0.29, 0.717) is 0 Å². The lowest BCUT2D eigenvalue weighted by atomic mass is 10.4. The molecule has 0 radical (unpaired) electrons. The van der Waals surface area contributed by atoms with Crippen LogP contribution in [0, 0.1) is 3.57 Å². The molecule has 1 heterocycles. The third kappa shape index (κ3) is 1.95. The molecule has 11 heavy (non-hydrogen) atoms. The summed E-state index contributed by atoms with van der Waals surface area (Å²) in [7, 11) is 3.45. The molecule has 0 saturated heterocycles. The van der Waals surface area contributed by atoms with Gasteiger partial charge in [-0.1, -0.05) is 0 Å². The smallest absolute Gasteiger partial charge is 0.168 e. The van der Waals surface area contributed by atoms with E-state index >= 15 is 0 Å². The second kappa shape index (κ2) is 3.75. The minimum absolute atomic E-state index is 0.771. The Kier molecular flexibility index (Phi) is 2.92. The van der Waals surface area contributed by atoms with E-state index in [2.05, 4.69) is 32.9 Å². The van der Waals surface area contributed by atoms with Crippen LogP contribution in [0.2, 0.25) is 0 Å². The first-order valence-electron chi connectivity index (χ1n) is 3.15. The van der Waals surface area contributed by atoms with Crippen LogP contribution in [0.5, 0.6) is 5.75 Å². The first-order valence-corrected chi connectivity index (χ1v) is 4.23. The van der Waals surface area contributed by atoms with E-state index in [9.17, 15) is 0 Å². The summed E-state index contributed by atoms with van der Waals surface area (Å²) >= 11 is 2.19. The van der Waals surface area contributed by atoms with Gasteiger partial charge in [0.25, 0.3) is 0 Å². The first-order chi connectivity index (χ1) is 5.27. The number of hydrogen-bond acceptors (Lipinski definition) is 3. The van der Waals surface area contributed by atoms with Crippen LogP contribution >= 0.6 is 22.6 Å². The maximum Gasteiger partial charge on any atom is 0.168 e. The quantitative estimate of drug-likeness (QED) is 0.826.